The smallest absolute Gasteiger partial charge is 0.325 e. The number of aromatic nitrogens is 1. The van der Waals surface area contributed by atoms with Crippen molar-refractivity contribution in [1.82, 2.24) is 4.98 Å². The van der Waals surface area contributed by atoms with Gasteiger partial charge in [-0.25, -0.2) is 4.98 Å². The first-order chi connectivity index (χ1) is 12.9. The third-order valence-corrected chi connectivity index (χ3v) is 4.65. The monoisotopic (exact) mass is 387 g/mol. The van der Waals surface area contributed by atoms with Crippen LogP contribution >= 0.6 is 11.8 Å². The molecule has 1 heterocycles. The topological polar surface area (TPSA) is 65.8 Å². The van der Waals surface area contributed by atoms with Crippen LogP contribution in [0.2, 0.25) is 0 Å². The van der Waals surface area contributed by atoms with Crippen molar-refractivity contribution in [2.24, 2.45) is 0 Å². The van der Waals surface area contributed by atoms with E-state index in [-0.39, 0.29) is 11.4 Å². The van der Waals surface area contributed by atoms with E-state index in [1.54, 1.807) is 18.2 Å². The Labute approximate surface area is 157 Å². The van der Waals surface area contributed by atoms with E-state index in [0.717, 1.165) is 23.2 Å². The molecule has 8 heteroatoms. The Morgan fingerprint density at radius 3 is 2.59 bits per heavy atom. The van der Waals surface area contributed by atoms with E-state index >= 15 is 0 Å². The summed E-state index contributed by atoms with van der Waals surface area (Å²) < 4.78 is 39.0. The first-order valence-electron chi connectivity index (χ1n) is 7.77. The zero-order valence-electron chi connectivity index (χ0n) is 13.7. The molecule has 0 saturated heterocycles. The number of halogens is 3. The van der Waals surface area contributed by atoms with Gasteiger partial charge >= 0.3 is 6.18 Å². The Morgan fingerprint density at radius 1 is 1.15 bits per heavy atom. The number of anilines is 1. The lowest BCUT2D eigenvalue weighted by molar-refractivity contribution is -0.137. The Balaban J connectivity index is 1.76. The van der Waals surface area contributed by atoms with Gasteiger partial charge in [0, 0.05) is 5.39 Å². The van der Waals surface area contributed by atoms with Crippen molar-refractivity contribution in [3.05, 3.63) is 65.7 Å². The van der Waals surface area contributed by atoms with E-state index in [4.69, 9.17) is 0 Å². The number of para-hydroxylation sites is 2. The highest BCUT2D eigenvalue weighted by molar-refractivity contribution is 8.00. The number of carbonyl (C=O) groups is 1. The highest BCUT2D eigenvalue weighted by atomic mass is 32.2. The van der Waals surface area contributed by atoms with E-state index in [2.05, 4.69) is 10.3 Å². The Morgan fingerprint density at radius 2 is 1.85 bits per heavy atom. The number of pyridine rings is 1. The lowest BCUT2D eigenvalue weighted by Crippen LogP contribution is -2.18. The fourth-order valence-corrected chi connectivity index (χ4v) is 3.21. The number of benzene rings is 2. The molecule has 2 aromatic carbocycles. The molecule has 0 aliphatic rings. The van der Waals surface area contributed by atoms with Crippen molar-refractivity contribution in [3.8, 4) is 6.07 Å². The summed E-state index contributed by atoms with van der Waals surface area (Å²) in [5.74, 6) is -0.790. The first-order valence-corrected chi connectivity index (χ1v) is 8.76. The number of alkyl halides is 3. The molecule has 0 radical (unpaired) electrons. The van der Waals surface area contributed by atoms with Crippen molar-refractivity contribution < 1.29 is 18.0 Å². The number of nitriles is 1. The zero-order chi connectivity index (χ0) is 19.4. The number of amides is 1. The van der Waals surface area contributed by atoms with Crippen LogP contribution in [-0.2, 0) is 11.0 Å². The fourth-order valence-electron chi connectivity index (χ4n) is 2.45. The van der Waals surface area contributed by atoms with Gasteiger partial charge in [0.1, 0.15) is 11.1 Å². The maximum atomic E-state index is 13.0. The van der Waals surface area contributed by atoms with Crippen molar-refractivity contribution in [2.45, 2.75) is 11.2 Å². The second-order valence-corrected chi connectivity index (χ2v) is 6.49. The summed E-state index contributed by atoms with van der Waals surface area (Å²) in [7, 11) is 0. The molecule has 0 spiro atoms. The maximum absolute atomic E-state index is 13.0. The molecular weight excluding hydrogens is 375 g/mol. The van der Waals surface area contributed by atoms with Gasteiger partial charge in [-0.2, -0.15) is 18.4 Å². The number of fused-ring (bicyclic) bond motifs is 1. The summed E-state index contributed by atoms with van der Waals surface area (Å²) in [5, 5.41) is 12.7. The molecule has 1 N–H and O–H groups in total. The summed E-state index contributed by atoms with van der Waals surface area (Å²) in [5.41, 5.74) is -0.239. The van der Waals surface area contributed by atoms with Crippen LogP contribution in [0.3, 0.4) is 0 Å². The first kappa shape index (κ1) is 18.7. The standard InChI is InChI=1S/C19H12F3N3OS/c20-19(21,22)14-6-2-4-8-16(14)24-17(26)11-27-18-13(10-23)9-12-5-1-3-7-15(12)25-18/h1-9H,11H2,(H,24,26). The third kappa shape index (κ3) is 4.38. The van der Waals surface area contributed by atoms with E-state index < -0.39 is 17.6 Å². The minimum Gasteiger partial charge on any atom is -0.325 e. The molecule has 0 atom stereocenters. The minimum atomic E-state index is -4.56. The van der Waals surface area contributed by atoms with Crippen LogP contribution in [-0.4, -0.2) is 16.6 Å². The van der Waals surface area contributed by atoms with Crippen LogP contribution in [0.1, 0.15) is 11.1 Å². The highest BCUT2D eigenvalue weighted by Gasteiger charge is 2.33. The molecule has 0 aliphatic heterocycles. The number of nitrogens with one attached hydrogen (secondary N) is 1. The number of hydrogen-bond donors (Lipinski definition) is 1. The lowest BCUT2D eigenvalue weighted by atomic mass is 10.1. The second-order valence-electron chi connectivity index (χ2n) is 5.53. The molecule has 3 aromatic rings. The summed E-state index contributed by atoms with van der Waals surface area (Å²) in [6.07, 6.45) is -4.56. The number of carbonyl (C=O) groups excluding carboxylic acids is 1. The van der Waals surface area contributed by atoms with E-state index in [9.17, 15) is 23.2 Å². The molecule has 136 valence electrons. The van der Waals surface area contributed by atoms with Crippen molar-refractivity contribution in [1.29, 1.82) is 5.26 Å². The molecule has 0 aliphatic carbocycles. The van der Waals surface area contributed by atoms with Gasteiger partial charge in [-0.3, -0.25) is 4.79 Å². The van der Waals surface area contributed by atoms with E-state index in [0.29, 0.717) is 16.1 Å². The third-order valence-electron chi connectivity index (χ3n) is 3.66. The largest absolute Gasteiger partial charge is 0.418 e. The summed E-state index contributed by atoms with van der Waals surface area (Å²) in [6.45, 7) is 0. The lowest BCUT2D eigenvalue weighted by Gasteiger charge is -2.13. The average Bonchev–Trinajstić information content (AvgIpc) is 2.65. The fraction of sp³-hybridized carbons (Fsp3) is 0.105. The Bertz CT molecular complexity index is 1040. The molecule has 0 saturated carbocycles. The summed E-state index contributed by atoms with van der Waals surface area (Å²) in [4.78, 5) is 16.5. The normalized spacial score (nSPS) is 11.2. The number of rotatable bonds is 4. The van der Waals surface area contributed by atoms with Crippen LogP contribution in [0.4, 0.5) is 18.9 Å². The highest BCUT2D eigenvalue weighted by Crippen LogP contribution is 2.34. The molecule has 3 rings (SSSR count). The van der Waals surface area contributed by atoms with Gasteiger partial charge in [0.2, 0.25) is 5.91 Å². The van der Waals surface area contributed by atoms with Crippen molar-refractivity contribution in [3.63, 3.8) is 0 Å². The van der Waals surface area contributed by atoms with Crippen molar-refractivity contribution in [2.75, 3.05) is 11.1 Å². The zero-order valence-corrected chi connectivity index (χ0v) is 14.6. The molecular formula is C19H12F3N3OS. The number of thioether (sulfide) groups is 1. The molecule has 4 nitrogen and oxygen atoms in total. The van der Waals surface area contributed by atoms with Crippen LogP contribution in [0.25, 0.3) is 10.9 Å². The molecule has 0 fully saturated rings. The van der Waals surface area contributed by atoms with E-state index in [1.165, 1.54) is 18.2 Å². The Hall–Kier alpha value is -3.05. The molecule has 27 heavy (non-hydrogen) atoms. The van der Waals surface area contributed by atoms with Gasteiger partial charge in [-0.05, 0) is 24.3 Å². The molecule has 0 bridgehead atoms. The molecule has 0 unspecified atom stereocenters. The minimum absolute atomic E-state index is 0.174. The maximum Gasteiger partial charge on any atom is 0.418 e. The molecule has 1 amide bonds. The Kier molecular flexibility index (Phi) is 5.33. The van der Waals surface area contributed by atoms with Gasteiger partial charge in [0.25, 0.3) is 0 Å². The number of nitrogens with zero attached hydrogens (tertiary/aromatic N) is 2. The predicted molar refractivity (Wildman–Crippen MR) is 97.3 cm³/mol. The van der Waals surface area contributed by atoms with Gasteiger partial charge in [-0.1, -0.05) is 42.1 Å². The van der Waals surface area contributed by atoms with Crippen LogP contribution in [0.15, 0.2) is 59.6 Å². The van der Waals surface area contributed by atoms with Crippen LogP contribution in [0, 0.1) is 11.3 Å². The van der Waals surface area contributed by atoms with Gasteiger partial charge < -0.3 is 5.32 Å². The molecule has 1 aromatic heterocycles. The quantitative estimate of drug-likeness (QED) is 0.650. The average molecular weight is 387 g/mol. The summed E-state index contributed by atoms with van der Waals surface area (Å²) in [6, 6.07) is 15.7. The van der Waals surface area contributed by atoms with Gasteiger partial charge in [0.15, 0.2) is 0 Å². The SMILES string of the molecule is N#Cc1cc2ccccc2nc1SCC(=O)Nc1ccccc1C(F)(F)F. The second kappa shape index (κ2) is 7.68. The van der Waals surface area contributed by atoms with Crippen LogP contribution in [0.5, 0.6) is 0 Å². The van der Waals surface area contributed by atoms with Gasteiger partial charge in [-0.15, -0.1) is 0 Å². The van der Waals surface area contributed by atoms with Crippen molar-refractivity contribution >= 4 is 34.3 Å². The summed E-state index contributed by atoms with van der Waals surface area (Å²) >= 11 is 1.00. The van der Waals surface area contributed by atoms with Crippen LogP contribution < -0.4 is 5.32 Å². The van der Waals surface area contributed by atoms with E-state index in [1.807, 2.05) is 18.2 Å². The predicted octanol–water partition coefficient (Wildman–Crippen LogP) is 4.86. The van der Waals surface area contributed by atoms with Gasteiger partial charge in [0.05, 0.1) is 28.1 Å². The number of hydrogen-bond acceptors (Lipinski definition) is 4.